The van der Waals surface area contributed by atoms with Gasteiger partial charge in [-0.2, -0.15) is 0 Å². The van der Waals surface area contributed by atoms with Crippen molar-refractivity contribution in [3.05, 3.63) is 11.9 Å². The van der Waals surface area contributed by atoms with Gasteiger partial charge in [-0.15, -0.1) is 5.10 Å². The second-order valence-corrected chi connectivity index (χ2v) is 2.24. The molecule has 0 atom stereocenters. The zero-order valence-corrected chi connectivity index (χ0v) is 6.32. The highest BCUT2D eigenvalue weighted by Crippen LogP contribution is 1.95. The Balaban J connectivity index is 2.69. The van der Waals surface area contributed by atoms with Crippen LogP contribution in [-0.2, 0) is 7.05 Å². The molecule has 1 rings (SSSR count). The largest absolute Gasteiger partial charge is 0.330 e. The Morgan fingerprint density at radius 3 is 3.00 bits per heavy atom. The van der Waals surface area contributed by atoms with Gasteiger partial charge in [0.25, 0.3) is 0 Å². The van der Waals surface area contributed by atoms with E-state index in [-0.39, 0.29) is 5.78 Å². The summed E-state index contributed by atoms with van der Waals surface area (Å²) in [5.41, 5.74) is 5.58. The Morgan fingerprint density at radius 1 is 1.82 bits per heavy atom. The smallest absolute Gasteiger partial charge is 0.185 e. The summed E-state index contributed by atoms with van der Waals surface area (Å²) in [6.45, 7) is 0.357. The molecular weight excluding hydrogens is 144 g/mol. The molecule has 0 unspecified atom stereocenters. The van der Waals surface area contributed by atoms with E-state index in [9.17, 15) is 4.79 Å². The maximum atomic E-state index is 11.1. The van der Waals surface area contributed by atoms with Crippen LogP contribution in [0.5, 0.6) is 0 Å². The molecule has 0 aromatic carbocycles. The van der Waals surface area contributed by atoms with Crippen LogP contribution in [-0.4, -0.2) is 27.3 Å². The highest BCUT2D eigenvalue weighted by Gasteiger charge is 2.07. The Bertz CT molecular complexity index is 255. The van der Waals surface area contributed by atoms with Crippen molar-refractivity contribution in [3.8, 4) is 0 Å². The van der Waals surface area contributed by atoms with E-state index in [0.29, 0.717) is 18.7 Å². The zero-order chi connectivity index (χ0) is 8.27. The molecule has 0 saturated heterocycles. The van der Waals surface area contributed by atoms with E-state index >= 15 is 0 Å². The minimum atomic E-state index is -0.0550. The number of carbonyl (C=O) groups is 1. The Kier molecular flexibility index (Phi) is 2.32. The van der Waals surface area contributed by atoms with Gasteiger partial charge in [0.05, 0.1) is 6.20 Å². The van der Waals surface area contributed by atoms with Crippen LogP contribution in [0, 0.1) is 0 Å². The van der Waals surface area contributed by atoms with Gasteiger partial charge >= 0.3 is 0 Å². The maximum Gasteiger partial charge on any atom is 0.185 e. The summed E-state index contributed by atoms with van der Waals surface area (Å²) in [4.78, 5) is 11.1. The lowest BCUT2D eigenvalue weighted by Gasteiger charge is -1.89. The van der Waals surface area contributed by atoms with Gasteiger partial charge in [0.15, 0.2) is 5.78 Å². The van der Waals surface area contributed by atoms with Gasteiger partial charge in [-0.25, -0.2) is 0 Å². The second kappa shape index (κ2) is 3.25. The molecule has 0 bridgehead atoms. The number of ketones is 1. The van der Waals surface area contributed by atoms with Gasteiger partial charge < -0.3 is 5.73 Å². The topological polar surface area (TPSA) is 73.8 Å². The number of hydrogen-bond donors (Lipinski definition) is 1. The van der Waals surface area contributed by atoms with Crippen molar-refractivity contribution in [1.29, 1.82) is 0 Å². The lowest BCUT2D eigenvalue weighted by molar-refractivity contribution is 0.0980. The second-order valence-electron chi connectivity index (χ2n) is 2.24. The van der Waals surface area contributed by atoms with Crippen molar-refractivity contribution in [1.82, 2.24) is 15.0 Å². The van der Waals surface area contributed by atoms with Gasteiger partial charge in [-0.1, -0.05) is 5.21 Å². The summed E-state index contributed by atoms with van der Waals surface area (Å²) in [7, 11) is 1.71. The van der Waals surface area contributed by atoms with Gasteiger partial charge in [-0.05, 0) is 6.54 Å². The Labute approximate surface area is 64.2 Å². The molecule has 0 radical (unpaired) electrons. The van der Waals surface area contributed by atoms with Crippen LogP contribution in [0.15, 0.2) is 6.20 Å². The standard InChI is InChI=1S/C6H10N4O/c1-10-4-5(8-9-10)6(11)2-3-7/h4H,2-3,7H2,1H3. The Hall–Kier alpha value is -1.23. The van der Waals surface area contributed by atoms with Crippen molar-refractivity contribution in [2.24, 2.45) is 12.8 Å². The first-order valence-corrected chi connectivity index (χ1v) is 3.33. The molecule has 1 aromatic heterocycles. The summed E-state index contributed by atoms with van der Waals surface area (Å²) < 4.78 is 1.49. The minimum absolute atomic E-state index is 0.0550. The van der Waals surface area contributed by atoms with Gasteiger partial charge in [0, 0.05) is 13.5 Å². The van der Waals surface area contributed by atoms with E-state index in [4.69, 9.17) is 5.73 Å². The van der Waals surface area contributed by atoms with Crippen molar-refractivity contribution in [3.63, 3.8) is 0 Å². The van der Waals surface area contributed by atoms with E-state index in [1.54, 1.807) is 13.2 Å². The molecule has 0 fully saturated rings. The number of aryl methyl sites for hydroxylation is 1. The molecule has 5 heteroatoms. The average Bonchev–Trinajstić information content (AvgIpc) is 2.36. The molecule has 0 amide bonds. The lowest BCUT2D eigenvalue weighted by Crippen LogP contribution is -2.08. The number of Topliss-reactive ketones (excluding diaryl/α,β-unsaturated/α-hetero) is 1. The maximum absolute atomic E-state index is 11.1. The summed E-state index contributed by atoms with van der Waals surface area (Å²) >= 11 is 0. The quantitative estimate of drug-likeness (QED) is 0.587. The molecule has 0 aliphatic carbocycles. The summed E-state index contributed by atoms with van der Waals surface area (Å²) in [6.07, 6.45) is 1.91. The fourth-order valence-electron chi connectivity index (χ4n) is 0.734. The van der Waals surface area contributed by atoms with E-state index in [1.807, 2.05) is 0 Å². The molecule has 60 valence electrons. The van der Waals surface area contributed by atoms with E-state index in [2.05, 4.69) is 10.3 Å². The zero-order valence-electron chi connectivity index (χ0n) is 6.32. The first-order chi connectivity index (χ1) is 5.24. The molecule has 0 aliphatic rings. The molecule has 11 heavy (non-hydrogen) atoms. The highest BCUT2D eigenvalue weighted by atomic mass is 16.1. The van der Waals surface area contributed by atoms with Crippen LogP contribution in [0.3, 0.4) is 0 Å². The fourth-order valence-corrected chi connectivity index (χ4v) is 0.734. The molecule has 0 aliphatic heterocycles. The van der Waals surface area contributed by atoms with E-state index < -0.39 is 0 Å². The van der Waals surface area contributed by atoms with Gasteiger partial charge in [0.1, 0.15) is 5.69 Å². The number of nitrogens with two attached hydrogens (primary N) is 1. The number of nitrogens with zero attached hydrogens (tertiary/aromatic N) is 3. The van der Waals surface area contributed by atoms with Crippen LogP contribution in [0.2, 0.25) is 0 Å². The van der Waals surface area contributed by atoms with Crippen LogP contribution >= 0.6 is 0 Å². The molecule has 0 saturated carbocycles. The third kappa shape index (κ3) is 1.84. The van der Waals surface area contributed by atoms with E-state index in [1.165, 1.54) is 4.68 Å². The summed E-state index contributed by atoms with van der Waals surface area (Å²) in [6, 6.07) is 0. The molecule has 1 heterocycles. The van der Waals surface area contributed by atoms with Crippen LogP contribution in [0.1, 0.15) is 16.9 Å². The lowest BCUT2D eigenvalue weighted by atomic mass is 10.2. The predicted octanol–water partition coefficient (Wildman–Crippen LogP) is -0.653. The van der Waals surface area contributed by atoms with Crippen molar-refractivity contribution in [2.75, 3.05) is 6.54 Å². The van der Waals surface area contributed by atoms with Gasteiger partial charge in [-0.3, -0.25) is 9.48 Å². The van der Waals surface area contributed by atoms with Crippen LogP contribution in [0.25, 0.3) is 0 Å². The van der Waals surface area contributed by atoms with Crippen molar-refractivity contribution >= 4 is 5.78 Å². The highest BCUT2D eigenvalue weighted by molar-refractivity contribution is 5.93. The summed E-state index contributed by atoms with van der Waals surface area (Å²) in [5.74, 6) is -0.0550. The first kappa shape index (κ1) is 7.87. The van der Waals surface area contributed by atoms with Gasteiger partial charge in [0.2, 0.25) is 0 Å². The van der Waals surface area contributed by atoms with Crippen molar-refractivity contribution < 1.29 is 4.79 Å². The SMILES string of the molecule is Cn1cc(C(=O)CCN)nn1. The minimum Gasteiger partial charge on any atom is -0.330 e. The summed E-state index contributed by atoms with van der Waals surface area (Å²) in [5, 5.41) is 7.27. The van der Waals surface area contributed by atoms with Crippen LogP contribution in [0.4, 0.5) is 0 Å². The monoisotopic (exact) mass is 154 g/mol. The predicted molar refractivity (Wildman–Crippen MR) is 39.0 cm³/mol. The van der Waals surface area contributed by atoms with Crippen molar-refractivity contribution in [2.45, 2.75) is 6.42 Å². The Morgan fingerprint density at radius 2 is 2.55 bits per heavy atom. The van der Waals surface area contributed by atoms with Crippen LogP contribution < -0.4 is 5.73 Å². The number of rotatable bonds is 3. The number of carbonyl (C=O) groups excluding carboxylic acids is 1. The molecule has 1 aromatic rings. The number of hydrogen-bond acceptors (Lipinski definition) is 4. The first-order valence-electron chi connectivity index (χ1n) is 3.33. The fraction of sp³-hybridized carbons (Fsp3) is 0.500. The molecular formula is C6H10N4O. The average molecular weight is 154 g/mol. The third-order valence-corrected chi connectivity index (χ3v) is 1.26. The molecule has 5 nitrogen and oxygen atoms in total. The third-order valence-electron chi connectivity index (χ3n) is 1.26. The normalized spacial score (nSPS) is 10.0. The molecule has 0 spiro atoms. The number of aromatic nitrogens is 3. The molecule has 2 N–H and O–H groups in total. The van der Waals surface area contributed by atoms with E-state index in [0.717, 1.165) is 0 Å².